The summed E-state index contributed by atoms with van der Waals surface area (Å²) >= 11 is 0. The predicted molar refractivity (Wildman–Crippen MR) is 101 cm³/mol. The second-order valence-electron chi connectivity index (χ2n) is 5.87. The third-order valence-corrected chi connectivity index (χ3v) is 3.93. The van der Waals surface area contributed by atoms with Crippen molar-refractivity contribution in [2.45, 2.75) is 20.3 Å². The highest BCUT2D eigenvalue weighted by Crippen LogP contribution is 2.16. The van der Waals surface area contributed by atoms with Crippen LogP contribution in [0.3, 0.4) is 0 Å². The van der Waals surface area contributed by atoms with Gasteiger partial charge in [-0.2, -0.15) is 0 Å². The second kappa shape index (κ2) is 9.69. The van der Waals surface area contributed by atoms with Crippen LogP contribution in [-0.2, 0) is 4.79 Å². The summed E-state index contributed by atoms with van der Waals surface area (Å²) in [6.45, 7) is 5.94. The first-order valence-corrected chi connectivity index (χ1v) is 8.43. The van der Waals surface area contributed by atoms with Gasteiger partial charge in [-0.3, -0.25) is 4.79 Å². The number of hydrogen-bond donors (Lipinski definition) is 2. The van der Waals surface area contributed by atoms with Crippen molar-refractivity contribution in [2.75, 3.05) is 32.1 Å². The van der Waals surface area contributed by atoms with Crippen LogP contribution in [0.2, 0.25) is 0 Å². The number of nitrogens with one attached hydrogen (secondary N) is 2. The summed E-state index contributed by atoms with van der Waals surface area (Å²) in [7, 11) is 1.63. The number of benzene rings is 2. The molecule has 134 valence electrons. The van der Waals surface area contributed by atoms with Crippen LogP contribution in [0.1, 0.15) is 17.5 Å². The lowest BCUT2D eigenvalue weighted by Crippen LogP contribution is -2.25. The molecule has 0 heterocycles. The number of aryl methyl sites for hydroxylation is 2. The third-order valence-electron chi connectivity index (χ3n) is 3.93. The SMILES string of the molecule is COc1ccc(OCCNCCC(=O)Nc2ccc(C)c(C)c2)cc1. The minimum Gasteiger partial charge on any atom is -0.497 e. The van der Waals surface area contributed by atoms with Crippen LogP contribution in [0.15, 0.2) is 42.5 Å². The van der Waals surface area contributed by atoms with Gasteiger partial charge in [0.15, 0.2) is 0 Å². The van der Waals surface area contributed by atoms with E-state index >= 15 is 0 Å². The van der Waals surface area contributed by atoms with Crippen LogP contribution >= 0.6 is 0 Å². The van der Waals surface area contributed by atoms with E-state index in [0.29, 0.717) is 26.1 Å². The first-order chi connectivity index (χ1) is 12.1. The summed E-state index contributed by atoms with van der Waals surface area (Å²) in [5.41, 5.74) is 3.24. The maximum atomic E-state index is 11.9. The van der Waals surface area contributed by atoms with Gasteiger partial charge in [-0.05, 0) is 61.4 Å². The standard InChI is InChI=1S/C20H26N2O3/c1-15-4-5-17(14-16(15)2)22-20(23)10-11-21-12-13-25-19-8-6-18(24-3)7-9-19/h4-9,14,21H,10-13H2,1-3H3,(H,22,23). The van der Waals surface area contributed by atoms with Crippen molar-refractivity contribution < 1.29 is 14.3 Å². The molecule has 0 unspecified atom stereocenters. The van der Waals surface area contributed by atoms with Crippen molar-refractivity contribution in [3.05, 3.63) is 53.6 Å². The number of hydrogen-bond acceptors (Lipinski definition) is 4. The summed E-state index contributed by atoms with van der Waals surface area (Å²) in [6, 6.07) is 13.4. The molecule has 2 rings (SSSR count). The van der Waals surface area contributed by atoms with Gasteiger partial charge >= 0.3 is 0 Å². The van der Waals surface area contributed by atoms with Crippen molar-refractivity contribution in [1.82, 2.24) is 5.32 Å². The molecule has 0 radical (unpaired) electrons. The van der Waals surface area contributed by atoms with E-state index in [4.69, 9.17) is 9.47 Å². The molecule has 2 aromatic carbocycles. The summed E-state index contributed by atoms with van der Waals surface area (Å²) in [5.74, 6) is 1.61. The Hall–Kier alpha value is -2.53. The van der Waals surface area contributed by atoms with E-state index in [2.05, 4.69) is 17.6 Å². The molecule has 5 heteroatoms. The summed E-state index contributed by atoms with van der Waals surface area (Å²) in [4.78, 5) is 11.9. The van der Waals surface area contributed by atoms with Crippen molar-refractivity contribution in [1.29, 1.82) is 0 Å². The second-order valence-corrected chi connectivity index (χ2v) is 5.87. The molecule has 0 spiro atoms. The number of methoxy groups -OCH3 is 1. The minimum absolute atomic E-state index is 0.00632. The molecule has 0 saturated heterocycles. The molecule has 0 saturated carbocycles. The Balaban J connectivity index is 1.58. The quantitative estimate of drug-likeness (QED) is 0.687. The van der Waals surface area contributed by atoms with Gasteiger partial charge in [0.05, 0.1) is 7.11 Å². The van der Waals surface area contributed by atoms with E-state index < -0.39 is 0 Å². The molecule has 0 atom stereocenters. The number of anilines is 1. The van der Waals surface area contributed by atoms with Crippen molar-refractivity contribution in [3.63, 3.8) is 0 Å². The highest BCUT2D eigenvalue weighted by Gasteiger charge is 2.03. The Morgan fingerprint density at radius 3 is 2.36 bits per heavy atom. The lowest BCUT2D eigenvalue weighted by atomic mass is 10.1. The van der Waals surface area contributed by atoms with Crippen molar-refractivity contribution in [2.24, 2.45) is 0 Å². The van der Waals surface area contributed by atoms with Gasteiger partial charge in [0, 0.05) is 25.2 Å². The van der Waals surface area contributed by atoms with Crippen LogP contribution in [0.5, 0.6) is 11.5 Å². The van der Waals surface area contributed by atoms with Crippen LogP contribution < -0.4 is 20.1 Å². The highest BCUT2D eigenvalue weighted by atomic mass is 16.5. The molecule has 0 aliphatic heterocycles. The summed E-state index contributed by atoms with van der Waals surface area (Å²) in [5, 5.41) is 6.12. The smallest absolute Gasteiger partial charge is 0.225 e. The number of ether oxygens (including phenoxy) is 2. The van der Waals surface area contributed by atoms with Gasteiger partial charge in [-0.15, -0.1) is 0 Å². The van der Waals surface area contributed by atoms with Crippen molar-refractivity contribution in [3.8, 4) is 11.5 Å². The van der Waals surface area contributed by atoms with Crippen molar-refractivity contribution >= 4 is 11.6 Å². The van der Waals surface area contributed by atoms with E-state index in [1.54, 1.807) is 7.11 Å². The van der Waals surface area contributed by atoms with E-state index in [0.717, 1.165) is 17.2 Å². The fraction of sp³-hybridized carbons (Fsp3) is 0.350. The molecule has 0 aliphatic rings. The fourth-order valence-electron chi connectivity index (χ4n) is 2.28. The zero-order chi connectivity index (χ0) is 18.1. The van der Waals surface area contributed by atoms with Gasteiger partial charge in [0.1, 0.15) is 18.1 Å². The molecule has 0 aliphatic carbocycles. The summed E-state index contributed by atoms with van der Waals surface area (Å²) < 4.78 is 10.7. The van der Waals surface area contributed by atoms with Gasteiger partial charge in [-0.1, -0.05) is 6.07 Å². The normalized spacial score (nSPS) is 10.4. The highest BCUT2D eigenvalue weighted by molar-refractivity contribution is 5.90. The molecule has 2 N–H and O–H groups in total. The topological polar surface area (TPSA) is 59.6 Å². The largest absolute Gasteiger partial charge is 0.497 e. The Morgan fingerprint density at radius 1 is 0.960 bits per heavy atom. The monoisotopic (exact) mass is 342 g/mol. The average Bonchev–Trinajstić information content (AvgIpc) is 2.61. The molecule has 25 heavy (non-hydrogen) atoms. The number of amides is 1. The van der Waals surface area contributed by atoms with Gasteiger partial charge < -0.3 is 20.1 Å². The van der Waals surface area contributed by atoms with Crippen LogP contribution in [0.4, 0.5) is 5.69 Å². The van der Waals surface area contributed by atoms with Gasteiger partial charge in [-0.25, -0.2) is 0 Å². The summed E-state index contributed by atoms with van der Waals surface area (Å²) in [6.07, 6.45) is 0.426. The third kappa shape index (κ3) is 6.47. The lowest BCUT2D eigenvalue weighted by molar-refractivity contribution is -0.116. The molecule has 2 aromatic rings. The first-order valence-electron chi connectivity index (χ1n) is 8.43. The Labute approximate surface area is 149 Å². The predicted octanol–water partition coefficient (Wildman–Crippen LogP) is 3.31. The zero-order valence-electron chi connectivity index (χ0n) is 15.1. The van der Waals surface area contributed by atoms with E-state index in [9.17, 15) is 4.79 Å². The van der Waals surface area contributed by atoms with E-state index in [1.807, 2.05) is 49.4 Å². The number of carbonyl (C=O) groups is 1. The Morgan fingerprint density at radius 2 is 1.68 bits per heavy atom. The molecule has 0 aromatic heterocycles. The molecule has 5 nitrogen and oxygen atoms in total. The fourth-order valence-corrected chi connectivity index (χ4v) is 2.28. The average molecular weight is 342 g/mol. The molecule has 0 bridgehead atoms. The van der Waals surface area contributed by atoms with Crippen LogP contribution in [0.25, 0.3) is 0 Å². The van der Waals surface area contributed by atoms with Gasteiger partial charge in [0.2, 0.25) is 5.91 Å². The molecular weight excluding hydrogens is 316 g/mol. The van der Waals surface area contributed by atoms with Crippen LogP contribution in [-0.4, -0.2) is 32.7 Å². The number of rotatable bonds is 9. The lowest BCUT2D eigenvalue weighted by Gasteiger charge is -2.09. The molecule has 0 fully saturated rings. The first kappa shape index (κ1) is 18.8. The minimum atomic E-state index is 0.00632. The van der Waals surface area contributed by atoms with E-state index in [-0.39, 0.29) is 5.91 Å². The maximum absolute atomic E-state index is 11.9. The van der Waals surface area contributed by atoms with E-state index in [1.165, 1.54) is 11.1 Å². The maximum Gasteiger partial charge on any atom is 0.225 e. The Bertz CT molecular complexity index is 684. The molecule has 1 amide bonds. The van der Waals surface area contributed by atoms with Crippen LogP contribution in [0, 0.1) is 13.8 Å². The zero-order valence-corrected chi connectivity index (χ0v) is 15.1. The molecular formula is C20H26N2O3. The van der Waals surface area contributed by atoms with Gasteiger partial charge in [0.25, 0.3) is 0 Å². The Kier molecular flexibility index (Phi) is 7.29. The number of carbonyl (C=O) groups excluding carboxylic acids is 1.